The molecule has 0 saturated heterocycles. The summed E-state index contributed by atoms with van der Waals surface area (Å²) in [6.45, 7) is 0.359. The van der Waals surface area contributed by atoms with Gasteiger partial charge in [-0.2, -0.15) is 0 Å². The molecule has 0 aliphatic carbocycles. The molecule has 0 saturated carbocycles. The summed E-state index contributed by atoms with van der Waals surface area (Å²) in [5.41, 5.74) is 6.32. The highest BCUT2D eigenvalue weighted by atomic mass is 15.3. The van der Waals surface area contributed by atoms with Crippen LogP contribution in [-0.4, -0.2) is 19.7 Å². The smallest absolute Gasteiger partial charge is 0.164 e. The topological polar surface area (TPSA) is 69.6 Å². The fourth-order valence-electron chi connectivity index (χ4n) is 1.01. The Morgan fingerprint density at radius 2 is 2.08 bits per heavy atom. The van der Waals surface area contributed by atoms with Crippen molar-refractivity contribution in [2.75, 3.05) is 0 Å². The van der Waals surface area contributed by atoms with Crippen molar-refractivity contribution in [1.82, 2.24) is 19.7 Å². The standard InChI is InChI=1S/C8H9N5/c9-5-8-11-6-13(12-8)7-1-3-10-4-2-7/h1-4,6H,5,9H2. The Morgan fingerprint density at radius 1 is 1.31 bits per heavy atom. The summed E-state index contributed by atoms with van der Waals surface area (Å²) in [4.78, 5) is 7.93. The van der Waals surface area contributed by atoms with Crippen molar-refractivity contribution in [3.63, 3.8) is 0 Å². The van der Waals surface area contributed by atoms with Gasteiger partial charge >= 0.3 is 0 Å². The number of hydrogen-bond acceptors (Lipinski definition) is 4. The Bertz CT molecular complexity index is 380. The molecule has 13 heavy (non-hydrogen) atoms. The molecule has 2 N–H and O–H groups in total. The van der Waals surface area contributed by atoms with Crippen LogP contribution in [0.2, 0.25) is 0 Å². The normalized spacial score (nSPS) is 10.2. The molecule has 0 unspecified atom stereocenters. The van der Waals surface area contributed by atoms with Crippen molar-refractivity contribution in [3.8, 4) is 5.69 Å². The van der Waals surface area contributed by atoms with Crippen molar-refractivity contribution in [2.45, 2.75) is 6.54 Å². The molecule has 0 atom stereocenters. The highest BCUT2D eigenvalue weighted by molar-refractivity contribution is 5.26. The summed E-state index contributed by atoms with van der Waals surface area (Å²) in [5, 5.41) is 4.15. The molecule has 5 nitrogen and oxygen atoms in total. The lowest BCUT2D eigenvalue weighted by molar-refractivity contribution is 0.829. The molecule has 2 aromatic rings. The second-order valence-electron chi connectivity index (χ2n) is 2.51. The molecule has 5 heteroatoms. The van der Waals surface area contributed by atoms with Gasteiger partial charge in [0.2, 0.25) is 0 Å². The summed E-state index contributed by atoms with van der Waals surface area (Å²) in [7, 11) is 0. The van der Waals surface area contributed by atoms with E-state index in [1.807, 2.05) is 12.1 Å². The van der Waals surface area contributed by atoms with Gasteiger partial charge in [0.25, 0.3) is 0 Å². The van der Waals surface area contributed by atoms with Crippen LogP contribution >= 0.6 is 0 Å². The second-order valence-corrected chi connectivity index (χ2v) is 2.51. The van der Waals surface area contributed by atoms with Crippen molar-refractivity contribution in [3.05, 3.63) is 36.7 Å². The first kappa shape index (κ1) is 7.88. The average molecular weight is 175 g/mol. The van der Waals surface area contributed by atoms with Crippen molar-refractivity contribution >= 4 is 0 Å². The molecular weight excluding hydrogens is 166 g/mol. The van der Waals surface area contributed by atoms with Crippen molar-refractivity contribution < 1.29 is 0 Å². The molecule has 0 aliphatic rings. The van der Waals surface area contributed by atoms with E-state index >= 15 is 0 Å². The quantitative estimate of drug-likeness (QED) is 0.703. The summed E-state index contributed by atoms with van der Waals surface area (Å²) in [6.07, 6.45) is 5.05. The third kappa shape index (κ3) is 1.54. The molecule has 2 aromatic heterocycles. The molecule has 0 aliphatic heterocycles. The molecule has 2 rings (SSSR count). The molecule has 0 spiro atoms. The van der Waals surface area contributed by atoms with Gasteiger partial charge in [0, 0.05) is 12.4 Å². The first-order valence-corrected chi connectivity index (χ1v) is 3.91. The summed E-state index contributed by atoms with van der Waals surface area (Å²) in [6, 6.07) is 3.71. The number of aromatic nitrogens is 4. The van der Waals surface area contributed by atoms with E-state index in [2.05, 4.69) is 15.1 Å². The van der Waals surface area contributed by atoms with E-state index in [0.717, 1.165) is 5.69 Å². The van der Waals surface area contributed by atoms with Crippen LogP contribution in [0.15, 0.2) is 30.9 Å². The van der Waals surface area contributed by atoms with Crippen LogP contribution in [0.3, 0.4) is 0 Å². The predicted octanol–water partition coefficient (Wildman–Crippen LogP) is 0.121. The maximum Gasteiger partial charge on any atom is 0.164 e. The van der Waals surface area contributed by atoms with Gasteiger partial charge in [-0.25, -0.2) is 9.67 Å². The third-order valence-corrected chi connectivity index (χ3v) is 1.65. The zero-order chi connectivity index (χ0) is 9.10. The van der Waals surface area contributed by atoms with E-state index in [0.29, 0.717) is 12.4 Å². The number of nitrogens with zero attached hydrogens (tertiary/aromatic N) is 4. The van der Waals surface area contributed by atoms with E-state index < -0.39 is 0 Å². The lowest BCUT2D eigenvalue weighted by Crippen LogP contribution is -2.00. The maximum absolute atomic E-state index is 5.39. The summed E-state index contributed by atoms with van der Waals surface area (Å²) in [5.74, 6) is 0.636. The van der Waals surface area contributed by atoms with E-state index in [1.54, 1.807) is 23.4 Å². The van der Waals surface area contributed by atoms with Crippen LogP contribution < -0.4 is 5.73 Å². The van der Waals surface area contributed by atoms with E-state index in [1.165, 1.54) is 0 Å². The molecule has 0 radical (unpaired) electrons. The minimum atomic E-state index is 0.359. The Kier molecular flexibility index (Phi) is 2.01. The summed E-state index contributed by atoms with van der Waals surface area (Å²) >= 11 is 0. The van der Waals surface area contributed by atoms with Crippen LogP contribution in [0.25, 0.3) is 5.69 Å². The van der Waals surface area contributed by atoms with Gasteiger partial charge in [0.15, 0.2) is 5.82 Å². The molecule has 0 aromatic carbocycles. The maximum atomic E-state index is 5.39. The Labute approximate surface area is 75.2 Å². The summed E-state index contributed by atoms with van der Waals surface area (Å²) < 4.78 is 1.67. The average Bonchev–Trinajstić information content (AvgIpc) is 2.67. The third-order valence-electron chi connectivity index (χ3n) is 1.65. The molecular formula is C8H9N5. The number of pyridine rings is 1. The first-order chi connectivity index (χ1) is 6.40. The highest BCUT2D eigenvalue weighted by Gasteiger charge is 1.99. The minimum Gasteiger partial charge on any atom is -0.324 e. The Hall–Kier alpha value is -1.75. The van der Waals surface area contributed by atoms with Gasteiger partial charge in [-0.05, 0) is 12.1 Å². The molecule has 0 bridgehead atoms. The Morgan fingerprint density at radius 3 is 2.69 bits per heavy atom. The van der Waals surface area contributed by atoms with Gasteiger partial charge < -0.3 is 5.73 Å². The number of nitrogens with two attached hydrogens (primary N) is 1. The first-order valence-electron chi connectivity index (χ1n) is 3.91. The number of hydrogen-bond donors (Lipinski definition) is 1. The van der Waals surface area contributed by atoms with E-state index in [4.69, 9.17) is 5.73 Å². The predicted molar refractivity (Wildman–Crippen MR) is 47.0 cm³/mol. The molecule has 0 amide bonds. The zero-order valence-electron chi connectivity index (χ0n) is 6.96. The van der Waals surface area contributed by atoms with E-state index in [9.17, 15) is 0 Å². The Balaban J connectivity index is 2.36. The van der Waals surface area contributed by atoms with Crippen LogP contribution in [0.5, 0.6) is 0 Å². The molecule has 2 heterocycles. The zero-order valence-corrected chi connectivity index (χ0v) is 6.96. The van der Waals surface area contributed by atoms with Crippen LogP contribution in [-0.2, 0) is 6.54 Å². The van der Waals surface area contributed by atoms with Gasteiger partial charge in [0.05, 0.1) is 12.2 Å². The monoisotopic (exact) mass is 175 g/mol. The lowest BCUT2D eigenvalue weighted by atomic mass is 10.4. The van der Waals surface area contributed by atoms with Crippen LogP contribution in [0.4, 0.5) is 0 Å². The lowest BCUT2D eigenvalue weighted by Gasteiger charge is -1.96. The van der Waals surface area contributed by atoms with Crippen LogP contribution in [0.1, 0.15) is 5.82 Å². The highest BCUT2D eigenvalue weighted by Crippen LogP contribution is 2.02. The van der Waals surface area contributed by atoms with E-state index in [-0.39, 0.29) is 0 Å². The SMILES string of the molecule is NCc1ncn(-c2ccncc2)n1. The van der Waals surface area contributed by atoms with Crippen molar-refractivity contribution in [2.24, 2.45) is 5.73 Å². The largest absolute Gasteiger partial charge is 0.324 e. The van der Waals surface area contributed by atoms with Gasteiger partial charge in [-0.15, -0.1) is 5.10 Å². The molecule has 0 fully saturated rings. The van der Waals surface area contributed by atoms with Gasteiger partial charge in [-0.3, -0.25) is 4.98 Å². The van der Waals surface area contributed by atoms with Crippen molar-refractivity contribution in [1.29, 1.82) is 0 Å². The number of rotatable bonds is 2. The minimum absolute atomic E-state index is 0.359. The fraction of sp³-hybridized carbons (Fsp3) is 0.125. The second kappa shape index (κ2) is 3.32. The van der Waals surface area contributed by atoms with Gasteiger partial charge in [0.1, 0.15) is 6.33 Å². The van der Waals surface area contributed by atoms with Crippen LogP contribution in [0, 0.1) is 0 Å². The molecule has 66 valence electrons. The van der Waals surface area contributed by atoms with Gasteiger partial charge in [-0.1, -0.05) is 0 Å². The fourth-order valence-corrected chi connectivity index (χ4v) is 1.01.